The number of carbonyl (C=O) groups is 2. The van der Waals surface area contributed by atoms with Gasteiger partial charge in [-0.05, 0) is 18.2 Å². The molecule has 0 spiro atoms. The van der Waals surface area contributed by atoms with Gasteiger partial charge in [0.2, 0.25) is 11.6 Å². The van der Waals surface area contributed by atoms with Crippen LogP contribution in [0.4, 0.5) is 0 Å². The second-order valence-corrected chi connectivity index (χ2v) is 5.42. The average Bonchev–Trinajstić information content (AvgIpc) is 2.97. The molecule has 22 heavy (non-hydrogen) atoms. The predicted molar refractivity (Wildman–Crippen MR) is 79.2 cm³/mol. The van der Waals surface area contributed by atoms with Crippen molar-refractivity contribution in [2.45, 2.75) is 19.8 Å². The molecule has 0 bridgehead atoms. The maximum Gasteiger partial charge on any atom is 0.233 e. The van der Waals surface area contributed by atoms with Gasteiger partial charge in [-0.1, -0.05) is 13.8 Å². The third kappa shape index (κ3) is 1.85. The van der Waals surface area contributed by atoms with Crippen molar-refractivity contribution < 1.29 is 23.5 Å². The molecule has 0 amide bonds. The highest BCUT2D eigenvalue weighted by molar-refractivity contribution is 6.29. The van der Waals surface area contributed by atoms with Crippen LogP contribution in [0.5, 0.6) is 11.5 Å². The normalized spacial score (nSPS) is 13.1. The number of ketones is 2. The van der Waals surface area contributed by atoms with Crippen molar-refractivity contribution in [2.24, 2.45) is 0 Å². The second-order valence-electron chi connectivity index (χ2n) is 5.42. The van der Waals surface area contributed by atoms with E-state index in [0.29, 0.717) is 17.3 Å². The summed E-state index contributed by atoms with van der Waals surface area (Å²) in [5.41, 5.74) is 0.715. The lowest BCUT2D eigenvalue weighted by molar-refractivity contribution is 0.0954. The van der Waals surface area contributed by atoms with Gasteiger partial charge in [0.15, 0.2) is 5.76 Å². The summed E-state index contributed by atoms with van der Waals surface area (Å²) in [5, 5.41) is 0. The maximum atomic E-state index is 12.8. The highest BCUT2D eigenvalue weighted by Crippen LogP contribution is 2.40. The van der Waals surface area contributed by atoms with Gasteiger partial charge in [-0.25, -0.2) is 0 Å². The van der Waals surface area contributed by atoms with E-state index in [9.17, 15) is 9.59 Å². The molecule has 2 aromatic rings. The van der Waals surface area contributed by atoms with Gasteiger partial charge in [-0.3, -0.25) is 9.59 Å². The van der Waals surface area contributed by atoms with Crippen molar-refractivity contribution in [1.82, 2.24) is 0 Å². The van der Waals surface area contributed by atoms with E-state index >= 15 is 0 Å². The van der Waals surface area contributed by atoms with Crippen LogP contribution in [0.25, 0.3) is 0 Å². The van der Waals surface area contributed by atoms with E-state index in [1.807, 2.05) is 13.8 Å². The van der Waals surface area contributed by atoms with Crippen LogP contribution in [0.3, 0.4) is 0 Å². The standard InChI is InChI=1S/C17H16O5/c1-8(2)12-7-9-15(18)13-10(20-3)5-6-11(21-4)14(13)16(19)17(9)22-12/h5-8H,1-4H3. The van der Waals surface area contributed by atoms with Crippen molar-refractivity contribution >= 4 is 11.6 Å². The Morgan fingerprint density at radius 3 is 2.00 bits per heavy atom. The van der Waals surface area contributed by atoms with Crippen molar-refractivity contribution in [3.8, 4) is 11.5 Å². The van der Waals surface area contributed by atoms with Gasteiger partial charge in [0.05, 0.1) is 30.9 Å². The fourth-order valence-corrected chi connectivity index (χ4v) is 2.64. The van der Waals surface area contributed by atoms with Crippen molar-refractivity contribution in [2.75, 3.05) is 14.2 Å². The largest absolute Gasteiger partial charge is 0.496 e. The number of hydrogen-bond acceptors (Lipinski definition) is 5. The Labute approximate surface area is 127 Å². The number of hydrogen-bond donors (Lipinski definition) is 0. The van der Waals surface area contributed by atoms with Crippen molar-refractivity contribution in [3.05, 3.63) is 46.4 Å². The molecule has 5 heteroatoms. The van der Waals surface area contributed by atoms with Gasteiger partial charge in [0, 0.05) is 5.92 Å². The minimum absolute atomic E-state index is 0.0766. The van der Waals surface area contributed by atoms with Crippen LogP contribution in [0.15, 0.2) is 22.6 Å². The molecule has 0 radical (unpaired) electrons. The first-order valence-electron chi connectivity index (χ1n) is 6.97. The number of methoxy groups -OCH3 is 2. The average molecular weight is 300 g/mol. The summed E-state index contributed by atoms with van der Waals surface area (Å²) < 4.78 is 16.1. The van der Waals surface area contributed by atoms with E-state index in [1.165, 1.54) is 14.2 Å². The van der Waals surface area contributed by atoms with Crippen LogP contribution in [0.2, 0.25) is 0 Å². The Morgan fingerprint density at radius 2 is 1.50 bits per heavy atom. The Kier molecular flexibility index (Phi) is 3.28. The fraction of sp³-hybridized carbons (Fsp3) is 0.294. The summed E-state index contributed by atoms with van der Waals surface area (Å²) in [6.07, 6.45) is 0. The number of fused-ring (bicyclic) bond motifs is 2. The first-order valence-corrected chi connectivity index (χ1v) is 6.97. The van der Waals surface area contributed by atoms with Gasteiger partial charge in [0.1, 0.15) is 17.3 Å². The molecule has 1 aromatic carbocycles. The Bertz CT molecular complexity index is 722. The molecule has 0 saturated heterocycles. The SMILES string of the molecule is COc1ccc(OC)c2c1C(=O)c1cc(C(C)C)oc1C2=O. The number of carbonyl (C=O) groups excluding carboxylic acids is 2. The van der Waals surface area contributed by atoms with Crippen LogP contribution in [-0.4, -0.2) is 25.8 Å². The molecule has 1 aliphatic rings. The molecule has 0 N–H and O–H groups in total. The predicted octanol–water partition coefficient (Wildman–Crippen LogP) is 3.20. The second kappa shape index (κ2) is 5.02. The molecule has 1 heterocycles. The van der Waals surface area contributed by atoms with Crippen LogP contribution in [-0.2, 0) is 0 Å². The quantitative estimate of drug-likeness (QED) is 0.743. The molecular weight excluding hydrogens is 284 g/mol. The number of ether oxygens (including phenoxy) is 2. The monoisotopic (exact) mass is 300 g/mol. The molecule has 3 rings (SSSR count). The molecular formula is C17H16O5. The minimum atomic E-state index is -0.354. The molecule has 0 aliphatic heterocycles. The van der Waals surface area contributed by atoms with Crippen LogP contribution >= 0.6 is 0 Å². The molecule has 0 saturated carbocycles. The first-order chi connectivity index (χ1) is 10.5. The van der Waals surface area contributed by atoms with E-state index < -0.39 is 0 Å². The summed E-state index contributed by atoms with van der Waals surface area (Å²) in [6.45, 7) is 3.88. The van der Waals surface area contributed by atoms with E-state index in [1.54, 1.807) is 18.2 Å². The highest BCUT2D eigenvalue weighted by Gasteiger charge is 2.38. The van der Waals surface area contributed by atoms with Gasteiger partial charge in [-0.2, -0.15) is 0 Å². The van der Waals surface area contributed by atoms with Gasteiger partial charge in [-0.15, -0.1) is 0 Å². The maximum absolute atomic E-state index is 12.8. The Morgan fingerprint density at radius 1 is 0.955 bits per heavy atom. The minimum Gasteiger partial charge on any atom is -0.496 e. The van der Waals surface area contributed by atoms with Gasteiger partial charge in [0.25, 0.3) is 0 Å². The van der Waals surface area contributed by atoms with E-state index in [-0.39, 0.29) is 39.9 Å². The molecule has 1 aromatic heterocycles. The molecule has 5 nitrogen and oxygen atoms in total. The summed E-state index contributed by atoms with van der Waals surface area (Å²) in [4.78, 5) is 25.5. The zero-order chi connectivity index (χ0) is 16.0. The van der Waals surface area contributed by atoms with Gasteiger partial charge < -0.3 is 13.9 Å². The number of rotatable bonds is 3. The summed E-state index contributed by atoms with van der Waals surface area (Å²) in [7, 11) is 2.92. The lowest BCUT2D eigenvalue weighted by Gasteiger charge is -2.18. The van der Waals surface area contributed by atoms with Crippen molar-refractivity contribution in [1.29, 1.82) is 0 Å². The Hall–Kier alpha value is -2.56. The van der Waals surface area contributed by atoms with Crippen molar-refractivity contribution in [3.63, 3.8) is 0 Å². The molecule has 0 fully saturated rings. The van der Waals surface area contributed by atoms with E-state index in [2.05, 4.69) is 0 Å². The topological polar surface area (TPSA) is 65.7 Å². The lowest BCUT2D eigenvalue weighted by atomic mass is 9.87. The molecule has 1 aliphatic carbocycles. The third-order valence-electron chi connectivity index (χ3n) is 3.79. The van der Waals surface area contributed by atoms with Gasteiger partial charge >= 0.3 is 0 Å². The zero-order valence-electron chi connectivity index (χ0n) is 12.9. The van der Waals surface area contributed by atoms with Crippen LogP contribution < -0.4 is 9.47 Å². The summed E-state index contributed by atoms with van der Waals surface area (Å²) in [5.74, 6) is 0.820. The Balaban J connectivity index is 2.30. The first kappa shape index (κ1) is 14.4. The van der Waals surface area contributed by atoms with E-state index in [0.717, 1.165) is 0 Å². The molecule has 0 unspecified atom stereocenters. The smallest absolute Gasteiger partial charge is 0.233 e. The van der Waals surface area contributed by atoms with E-state index in [4.69, 9.17) is 13.9 Å². The van der Waals surface area contributed by atoms with Crippen LogP contribution in [0, 0.1) is 0 Å². The fourth-order valence-electron chi connectivity index (χ4n) is 2.64. The summed E-state index contributed by atoms with van der Waals surface area (Å²) >= 11 is 0. The zero-order valence-corrected chi connectivity index (χ0v) is 12.9. The third-order valence-corrected chi connectivity index (χ3v) is 3.79. The molecule has 0 atom stereocenters. The highest BCUT2D eigenvalue weighted by atomic mass is 16.5. The summed E-state index contributed by atoms with van der Waals surface area (Å²) in [6, 6.07) is 4.87. The number of furan rings is 1. The lowest BCUT2D eigenvalue weighted by Crippen LogP contribution is -2.21. The van der Waals surface area contributed by atoms with Crippen LogP contribution in [0.1, 0.15) is 57.6 Å². The number of benzene rings is 1. The molecule has 114 valence electrons.